The Bertz CT molecular complexity index is 974. The summed E-state index contributed by atoms with van der Waals surface area (Å²) in [5.41, 5.74) is 2.46. The highest BCUT2D eigenvalue weighted by Crippen LogP contribution is 2.35. The zero-order valence-corrected chi connectivity index (χ0v) is 17.5. The highest BCUT2D eigenvalue weighted by atomic mass is 32.1. The largest absolute Gasteiger partial charge is 0.497 e. The van der Waals surface area contributed by atoms with Crippen molar-refractivity contribution in [3.05, 3.63) is 59.3 Å². The third-order valence-corrected chi connectivity index (χ3v) is 4.84. The van der Waals surface area contributed by atoms with Crippen LogP contribution >= 0.6 is 12.2 Å². The van der Waals surface area contributed by atoms with Gasteiger partial charge in [-0.2, -0.15) is 0 Å². The van der Waals surface area contributed by atoms with Crippen LogP contribution in [0.3, 0.4) is 0 Å². The van der Waals surface area contributed by atoms with Crippen LogP contribution in [-0.4, -0.2) is 32.3 Å². The van der Waals surface area contributed by atoms with E-state index in [9.17, 15) is 4.79 Å². The summed E-state index contributed by atoms with van der Waals surface area (Å²) in [5, 5.41) is 9.56. The third-order valence-electron chi connectivity index (χ3n) is 4.62. The van der Waals surface area contributed by atoms with E-state index in [1.54, 1.807) is 39.5 Å². The van der Waals surface area contributed by atoms with Gasteiger partial charge in [-0.3, -0.25) is 4.79 Å². The molecule has 0 fully saturated rings. The number of nitrogens with one attached hydrogen (secondary N) is 3. The van der Waals surface area contributed by atoms with Gasteiger partial charge < -0.3 is 30.2 Å². The van der Waals surface area contributed by atoms with Crippen LogP contribution in [0.15, 0.2) is 53.7 Å². The van der Waals surface area contributed by atoms with Crippen molar-refractivity contribution in [1.29, 1.82) is 0 Å². The number of amides is 1. The number of carbonyl (C=O) groups is 1. The van der Waals surface area contributed by atoms with Crippen molar-refractivity contribution in [3.63, 3.8) is 0 Å². The molecule has 1 amide bonds. The van der Waals surface area contributed by atoms with Crippen molar-refractivity contribution >= 4 is 28.9 Å². The summed E-state index contributed by atoms with van der Waals surface area (Å²) >= 11 is 5.32. The van der Waals surface area contributed by atoms with Gasteiger partial charge >= 0.3 is 0 Å². The molecule has 0 bridgehead atoms. The zero-order valence-electron chi connectivity index (χ0n) is 16.7. The second kappa shape index (κ2) is 8.83. The van der Waals surface area contributed by atoms with Crippen LogP contribution in [0, 0.1) is 0 Å². The number of allylic oxidation sites excluding steroid dienone is 1. The molecule has 0 saturated carbocycles. The maximum atomic E-state index is 13.3. The van der Waals surface area contributed by atoms with Crippen LogP contribution < -0.4 is 30.2 Å². The van der Waals surface area contributed by atoms with E-state index in [1.807, 2.05) is 31.2 Å². The number of anilines is 1. The molecule has 29 heavy (non-hydrogen) atoms. The van der Waals surface area contributed by atoms with Gasteiger partial charge in [-0.1, -0.05) is 18.2 Å². The van der Waals surface area contributed by atoms with E-state index in [4.69, 9.17) is 26.4 Å². The molecule has 1 aliphatic rings. The van der Waals surface area contributed by atoms with Crippen LogP contribution in [-0.2, 0) is 4.79 Å². The summed E-state index contributed by atoms with van der Waals surface area (Å²) in [6.07, 6.45) is 0. The molecule has 1 atom stereocenters. The molecule has 8 heteroatoms. The lowest BCUT2D eigenvalue weighted by Gasteiger charge is -2.31. The normalized spacial score (nSPS) is 15.9. The topological polar surface area (TPSA) is 80.9 Å². The van der Waals surface area contributed by atoms with E-state index >= 15 is 0 Å². The van der Waals surface area contributed by atoms with Crippen LogP contribution in [0.5, 0.6) is 17.2 Å². The Balaban J connectivity index is 2.01. The fraction of sp³-hybridized carbons (Fsp3) is 0.238. The summed E-state index contributed by atoms with van der Waals surface area (Å²) in [6.45, 7) is 1.81. The lowest BCUT2D eigenvalue weighted by Crippen LogP contribution is -2.45. The predicted molar refractivity (Wildman–Crippen MR) is 115 cm³/mol. The van der Waals surface area contributed by atoms with Gasteiger partial charge in [-0.05, 0) is 37.3 Å². The van der Waals surface area contributed by atoms with E-state index in [0.717, 1.165) is 5.56 Å². The van der Waals surface area contributed by atoms with Gasteiger partial charge in [0.2, 0.25) is 0 Å². The predicted octanol–water partition coefficient (Wildman–Crippen LogP) is 3.14. The first-order valence-corrected chi connectivity index (χ1v) is 9.34. The van der Waals surface area contributed by atoms with Gasteiger partial charge in [-0.15, -0.1) is 0 Å². The van der Waals surface area contributed by atoms with Crippen LogP contribution in [0.4, 0.5) is 5.69 Å². The van der Waals surface area contributed by atoms with E-state index in [-0.39, 0.29) is 5.91 Å². The molecule has 7 nitrogen and oxygen atoms in total. The average molecular weight is 413 g/mol. The van der Waals surface area contributed by atoms with E-state index < -0.39 is 6.04 Å². The summed E-state index contributed by atoms with van der Waals surface area (Å²) in [6, 6.07) is 12.2. The Hall–Kier alpha value is -3.26. The van der Waals surface area contributed by atoms with Gasteiger partial charge in [-0.25, -0.2) is 0 Å². The summed E-state index contributed by atoms with van der Waals surface area (Å²) < 4.78 is 16.1. The van der Waals surface area contributed by atoms with Crippen LogP contribution in [0.25, 0.3) is 0 Å². The number of hydrogen-bond acceptors (Lipinski definition) is 5. The standard InChI is InChI=1S/C21H23N3O4S/c1-12-18(20(25)23-15-11-13(26-2)9-10-17(15)28-4)19(24-21(29)22-12)14-7-5-6-8-16(14)27-3/h5-11,19H,1-4H3,(H,23,25)(H2,22,24,29). The first-order valence-electron chi connectivity index (χ1n) is 8.93. The third kappa shape index (κ3) is 4.27. The Labute approximate surface area is 175 Å². The lowest BCUT2D eigenvalue weighted by atomic mass is 9.94. The molecule has 3 rings (SSSR count). The number of thiocarbonyl (C=S) groups is 1. The number of carbonyl (C=O) groups excluding carboxylic acids is 1. The smallest absolute Gasteiger partial charge is 0.255 e. The quantitative estimate of drug-likeness (QED) is 0.628. The SMILES string of the molecule is COc1ccc(OC)c(NC(=O)C2=C(C)NC(=S)NC2c2ccccc2OC)c1. The number of hydrogen-bond donors (Lipinski definition) is 3. The van der Waals surface area contributed by atoms with Crippen LogP contribution in [0.2, 0.25) is 0 Å². The number of methoxy groups -OCH3 is 3. The van der Waals surface area contributed by atoms with Crippen molar-refractivity contribution in [2.24, 2.45) is 0 Å². The molecular formula is C21H23N3O4S. The molecule has 1 heterocycles. The fourth-order valence-corrected chi connectivity index (χ4v) is 3.51. The van der Waals surface area contributed by atoms with Crippen molar-refractivity contribution in [1.82, 2.24) is 10.6 Å². The van der Waals surface area contributed by atoms with Crippen molar-refractivity contribution in [2.45, 2.75) is 13.0 Å². The van der Waals surface area contributed by atoms with Gasteiger partial charge in [0.15, 0.2) is 5.11 Å². The molecule has 2 aromatic carbocycles. The Morgan fingerprint density at radius 1 is 1.03 bits per heavy atom. The summed E-state index contributed by atoms with van der Waals surface area (Å²) in [4.78, 5) is 13.3. The Kier molecular flexibility index (Phi) is 6.23. The summed E-state index contributed by atoms with van der Waals surface area (Å²) in [5.74, 6) is 1.49. The maximum Gasteiger partial charge on any atom is 0.255 e. The van der Waals surface area contributed by atoms with Crippen LogP contribution in [0.1, 0.15) is 18.5 Å². The molecule has 0 spiro atoms. The highest BCUT2D eigenvalue weighted by molar-refractivity contribution is 7.80. The van der Waals surface area contributed by atoms with E-state index in [1.165, 1.54) is 0 Å². The monoisotopic (exact) mass is 413 g/mol. The second-order valence-electron chi connectivity index (χ2n) is 6.33. The first kappa shape index (κ1) is 20.5. The fourth-order valence-electron chi connectivity index (χ4n) is 3.23. The first-order chi connectivity index (χ1) is 14.0. The zero-order chi connectivity index (χ0) is 21.0. The van der Waals surface area contributed by atoms with Crippen molar-refractivity contribution in [3.8, 4) is 17.2 Å². The summed E-state index contributed by atoms with van der Waals surface area (Å²) in [7, 11) is 4.70. The minimum absolute atomic E-state index is 0.299. The molecule has 1 unspecified atom stereocenters. The van der Waals surface area contributed by atoms with Gasteiger partial charge in [0.05, 0.1) is 38.6 Å². The Morgan fingerprint density at radius 2 is 1.76 bits per heavy atom. The second-order valence-corrected chi connectivity index (χ2v) is 6.74. The number of benzene rings is 2. The number of para-hydroxylation sites is 1. The van der Waals surface area contributed by atoms with E-state index in [2.05, 4.69) is 16.0 Å². The molecule has 0 radical (unpaired) electrons. The van der Waals surface area contributed by atoms with Gasteiger partial charge in [0.25, 0.3) is 5.91 Å². The molecule has 152 valence electrons. The van der Waals surface area contributed by atoms with Gasteiger partial charge in [0.1, 0.15) is 17.2 Å². The van der Waals surface area contributed by atoms with Crippen molar-refractivity contribution < 1.29 is 19.0 Å². The average Bonchev–Trinajstić information content (AvgIpc) is 2.72. The number of ether oxygens (including phenoxy) is 3. The minimum atomic E-state index is -0.475. The van der Waals surface area contributed by atoms with E-state index in [0.29, 0.717) is 39.3 Å². The number of rotatable bonds is 6. The molecule has 0 saturated heterocycles. The highest BCUT2D eigenvalue weighted by Gasteiger charge is 2.32. The molecular weight excluding hydrogens is 390 g/mol. The molecule has 2 aromatic rings. The molecule has 3 N–H and O–H groups in total. The van der Waals surface area contributed by atoms with Gasteiger partial charge in [0, 0.05) is 17.3 Å². The molecule has 0 aliphatic carbocycles. The van der Waals surface area contributed by atoms with Crippen molar-refractivity contribution in [2.75, 3.05) is 26.6 Å². The maximum absolute atomic E-state index is 13.3. The lowest BCUT2D eigenvalue weighted by molar-refractivity contribution is -0.113. The molecule has 1 aliphatic heterocycles. The Morgan fingerprint density at radius 3 is 2.45 bits per heavy atom. The minimum Gasteiger partial charge on any atom is -0.497 e. The molecule has 0 aromatic heterocycles.